The number of fused-ring (bicyclic) bond motifs is 2. The van der Waals surface area contributed by atoms with E-state index in [-0.39, 0.29) is 5.91 Å². The highest BCUT2D eigenvalue weighted by atomic mass is 35.5. The number of aliphatic imine (C=N–C) groups is 1. The zero-order valence-corrected chi connectivity index (χ0v) is 19.0. The fourth-order valence-electron chi connectivity index (χ4n) is 4.40. The standard InChI is InChI=1S/C27H22ClN3O3/c28-21-11-12-23-22(15-21)25(18-7-9-19(10-8-18)26(32)31-34)29-24(27(33)30-23)14-16-5-6-17-3-1-2-4-20(17)13-16/h1-7,9,11-13,15,24,34H,8,10,14H2,(H,30,33)(H,31,32). The van der Waals surface area contributed by atoms with Gasteiger partial charge < -0.3 is 5.32 Å². The van der Waals surface area contributed by atoms with E-state index in [1.165, 1.54) is 0 Å². The number of hydrogen-bond acceptors (Lipinski definition) is 4. The molecule has 2 aliphatic rings. The van der Waals surface area contributed by atoms with Crippen molar-refractivity contribution in [3.63, 3.8) is 0 Å². The number of rotatable bonds is 4. The number of carbonyl (C=O) groups excluding carboxylic acids is 2. The molecule has 3 aromatic carbocycles. The van der Waals surface area contributed by atoms with Crippen LogP contribution < -0.4 is 10.8 Å². The van der Waals surface area contributed by atoms with E-state index in [1.54, 1.807) is 29.8 Å². The van der Waals surface area contributed by atoms with E-state index in [1.807, 2.05) is 24.3 Å². The van der Waals surface area contributed by atoms with Crippen LogP contribution in [0.15, 0.2) is 89.0 Å². The lowest BCUT2D eigenvalue weighted by Gasteiger charge is -2.17. The normalized spacial score (nSPS) is 17.6. The van der Waals surface area contributed by atoms with Crippen molar-refractivity contribution in [1.29, 1.82) is 0 Å². The van der Waals surface area contributed by atoms with Gasteiger partial charge in [-0.2, -0.15) is 0 Å². The summed E-state index contributed by atoms with van der Waals surface area (Å²) in [7, 11) is 0. The SMILES string of the molecule is O=C(NO)C1=CC=C(C2=NC(Cc3ccc4ccccc4c3)C(=O)Nc3ccc(Cl)cc32)CC1. The second kappa shape index (κ2) is 9.25. The maximum atomic E-state index is 13.2. The number of benzene rings is 3. The van der Waals surface area contributed by atoms with E-state index in [4.69, 9.17) is 21.8 Å². The van der Waals surface area contributed by atoms with Crippen LogP contribution in [0.3, 0.4) is 0 Å². The molecule has 1 aliphatic heterocycles. The number of hydrogen-bond donors (Lipinski definition) is 3. The Kier molecular flexibility index (Phi) is 6.01. The summed E-state index contributed by atoms with van der Waals surface area (Å²) in [4.78, 5) is 29.9. The van der Waals surface area contributed by atoms with Gasteiger partial charge in [0.1, 0.15) is 6.04 Å². The summed E-state index contributed by atoms with van der Waals surface area (Å²) in [6.45, 7) is 0. The van der Waals surface area contributed by atoms with Crippen molar-refractivity contribution in [1.82, 2.24) is 5.48 Å². The van der Waals surface area contributed by atoms with Gasteiger partial charge in [0.25, 0.3) is 5.91 Å². The van der Waals surface area contributed by atoms with Crippen LogP contribution >= 0.6 is 11.6 Å². The first-order chi connectivity index (χ1) is 16.5. The number of benzodiazepines with no additional fused rings is 1. The summed E-state index contributed by atoms with van der Waals surface area (Å²) < 4.78 is 0. The third-order valence-corrected chi connectivity index (χ3v) is 6.41. The van der Waals surface area contributed by atoms with Crippen LogP contribution in [0.25, 0.3) is 10.8 Å². The minimum absolute atomic E-state index is 0.181. The lowest BCUT2D eigenvalue weighted by Crippen LogP contribution is -2.27. The highest BCUT2D eigenvalue weighted by molar-refractivity contribution is 6.32. The quantitative estimate of drug-likeness (QED) is 0.369. The Morgan fingerprint density at radius 1 is 1.06 bits per heavy atom. The Labute approximate surface area is 201 Å². The predicted octanol–water partition coefficient (Wildman–Crippen LogP) is 5.00. The molecule has 1 unspecified atom stereocenters. The number of nitrogens with one attached hydrogen (secondary N) is 2. The number of hydroxylamine groups is 1. The minimum Gasteiger partial charge on any atom is -0.324 e. The van der Waals surface area contributed by atoms with Gasteiger partial charge >= 0.3 is 0 Å². The minimum atomic E-state index is -0.630. The van der Waals surface area contributed by atoms with Crippen molar-refractivity contribution in [3.05, 3.63) is 100 Å². The molecule has 5 rings (SSSR count). The predicted molar refractivity (Wildman–Crippen MR) is 133 cm³/mol. The van der Waals surface area contributed by atoms with Crippen molar-refractivity contribution in [2.24, 2.45) is 4.99 Å². The molecular weight excluding hydrogens is 450 g/mol. The van der Waals surface area contributed by atoms with Gasteiger partial charge in [0, 0.05) is 22.6 Å². The lowest BCUT2D eigenvalue weighted by molar-refractivity contribution is -0.125. The van der Waals surface area contributed by atoms with E-state index in [9.17, 15) is 9.59 Å². The molecule has 3 aromatic rings. The van der Waals surface area contributed by atoms with Crippen LogP contribution in [-0.2, 0) is 16.0 Å². The molecule has 1 aliphatic carbocycles. The van der Waals surface area contributed by atoms with Gasteiger partial charge in [-0.25, -0.2) is 5.48 Å². The maximum absolute atomic E-state index is 13.2. The van der Waals surface area contributed by atoms with E-state index < -0.39 is 11.9 Å². The van der Waals surface area contributed by atoms with E-state index in [0.717, 1.165) is 27.5 Å². The van der Waals surface area contributed by atoms with Gasteiger partial charge in [-0.05, 0) is 52.9 Å². The number of anilines is 1. The van der Waals surface area contributed by atoms with Crippen molar-refractivity contribution >= 4 is 45.6 Å². The first-order valence-electron chi connectivity index (χ1n) is 11.0. The Morgan fingerprint density at radius 3 is 2.65 bits per heavy atom. The monoisotopic (exact) mass is 471 g/mol. The summed E-state index contributed by atoms with van der Waals surface area (Å²) in [5.74, 6) is -0.702. The van der Waals surface area contributed by atoms with Crippen LogP contribution in [0.1, 0.15) is 24.0 Å². The first-order valence-corrected chi connectivity index (χ1v) is 11.4. The Morgan fingerprint density at radius 2 is 1.88 bits per heavy atom. The third-order valence-electron chi connectivity index (χ3n) is 6.17. The summed E-state index contributed by atoms with van der Waals surface area (Å²) in [5.41, 5.74) is 6.16. The molecule has 7 heteroatoms. The summed E-state index contributed by atoms with van der Waals surface area (Å²) in [6.07, 6.45) is 4.93. The molecule has 3 N–H and O–H groups in total. The highest BCUT2D eigenvalue weighted by Gasteiger charge is 2.28. The molecule has 0 aromatic heterocycles. The van der Waals surface area contributed by atoms with Gasteiger partial charge in [-0.3, -0.25) is 19.8 Å². The third kappa shape index (κ3) is 4.38. The van der Waals surface area contributed by atoms with Crippen molar-refractivity contribution in [2.75, 3.05) is 5.32 Å². The Bertz CT molecular complexity index is 1410. The molecule has 34 heavy (non-hydrogen) atoms. The molecule has 0 saturated heterocycles. The maximum Gasteiger partial charge on any atom is 0.270 e. The molecule has 0 saturated carbocycles. The molecule has 1 heterocycles. The highest BCUT2D eigenvalue weighted by Crippen LogP contribution is 2.31. The van der Waals surface area contributed by atoms with Crippen LogP contribution in [0, 0.1) is 0 Å². The second-order valence-electron chi connectivity index (χ2n) is 8.38. The van der Waals surface area contributed by atoms with Gasteiger partial charge in [-0.15, -0.1) is 0 Å². The van der Waals surface area contributed by atoms with Crippen LogP contribution in [0.4, 0.5) is 5.69 Å². The molecule has 0 radical (unpaired) electrons. The fourth-order valence-corrected chi connectivity index (χ4v) is 4.57. The summed E-state index contributed by atoms with van der Waals surface area (Å²) >= 11 is 6.30. The van der Waals surface area contributed by atoms with Crippen molar-refractivity contribution in [3.8, 4) is 0 Å². The van der Waals surface area contributed by atoms with Crippen LogP contribution in [0.2, 0.25) is 5.02 Å². The number of amides is 2. The topological polar surface area (TPSA) is 90.8 Å². The molecule has 170 valence electrons. The molecule has 6 nitrogen and oxygen atoms in total. The molecule has 2 amide bonds. The Balaban J connectivity index is 1.55. The van der Waals surface area contributed by atoms with Gasteiger partial charge in [0.15, 0.2) is 0 Å². The summed E-state index contributed by atoms with van der Waals surface area (Å²) in [6, 6.07) is 19.0. The number of nitrogens with zero attached hydrogens (tertiary/aromatic N) is 1. The number of allylic oxidation sites excluding steroid dienone is 3. The zero-order valence-electron chi connectivity index (χ0n) is 18.2. The largest absolute Gasteiger partial charge is 0.324 e. The average molecular weight is 472 g/mol. The van der Waals surface area contributed by atoms with Gasteiger partial charge in [0.2, 0.25) is 5.91 Å². The average Bonchev–Trinajstić information content (AvgIpc) is 2.99. The molecule has 0 spiro atoms. The zero-order chi connectivity index (χ0) is 23.7. The van der Waals surface area contributed by atoms with E-state index >= 15 is 0 Å². The molecule has 0 fully saturated rings. The second-order valence-corrected chi connectivity index (χ2v) is 8.82. The smallest absolute Gasteiger partial charge is 0.270 e. The number of carbonyl (C=O) groups is 2. The number of halogens is 1. The molecular formula is C27H22ClN3O3. The van der Waals surface area contributed by atoms with E-state index in [2.05, 4.69) is 29.6 Å². The van der Waals surface area contributed by atoms with Crippen LogP contribution in [0.5, 0.6) is 0 Å². The van der Waals surface area contributed by atoms with Gasteiger partial charge in [-0.1, -0.05) is 66.2 Å². The first kappa shape index (κ1) is 22.1. The molecule has 0 bridgehead atoms. The van der Waals surface area contributed by atoms with Crippen molar-refractivity contribution < 1.29 is 14.8 Å². The van der Waals surface area contributed by atoms with Crippen LogP contribution in [-0.4, -0.2) is 28.8 Å². The summed E-state index contributed by atoms with van der Waals surface area (Å²) in [5, 5.41) is 14.7. The van der Waals surface area contributed by atoms with Crippen molar-refractivity contribution in [2.45, 2.75) is 25.3 Å². The van der Waals surface area contributed by atoms with Gasteiger partial charge in [0.05, 0.1) is 11.4 Å². The van der Waals surface area contributed by atoms with E-state index in [0.29, 0.717) is 41.3 Å². The Hall–Kier alpha value is -3.74. The lowest BCUT2D eigenvalue weighted by atomic mass is 9.91. The molecule has 1 atom stereocenters. The fraction of sp³-hybridized carbons (Fsp3) is 0.148.